The smallest absolute Gasteiger partial charge is 0.0367 e. The highest BCUT2D eigenvalue weighted by Gasteiger charge is 2.26. The summed E-state index contributed by atoms with van der Waals surface area (Å²) >= 11 is 2.08. The van der Waals surface area contributed by atoms with E-state index in [4.69, 9.17) is 0 Å². The zero-order valence-corrected chi connectivity index (χ0v) is 14.3. The van der Waals surface area contributed by atoms with Crippen molar-refractivity contribution in [3.8, 4) is 0 Å². The van der Waals surface area contributed by atoms with Gasteiger partial charge >= 0.3 is 0 Å². The first-order chi connectivity index (χ1) is 9.25. The lowest BCUT2D eigenvalue weighted by Crippen LogP contribution is -2.43. The Balaban J connectivity index is 1.97. The largest absolute Gasteiger partial charge is 0.369 e. The molecule has 3 heteroatoms. The van der Waals surface area contributed by atoms with E-state index in [2.05, 4.69) is 80.9 Å². The molecule has 0 atom stereocenters. The molecular formula is C17H28N2S. The molecule has 0 aromatic heterocycles. The van der Waals surface area contributed by atoms with Crippen molar-refractivity contribution < 1.29 is 0 Å². The first kappa shape index (κ1) is 15.7. The SMILES string of the molecule is CC(C)(C)NCc1ccc(N2CCSC(C)(C)C2)cc1. The van der Waals surface area contributed by atoms with Crippen molar-refractivity contribution in [2.24, 2.45) is 0 Å². The summed E-state index contributed by atoms with van der Waals surface area (Å²) in [6.07, 6.45) is 0. The monoisotopic (exact) mass is 292 g/mol. The highest BCUT2D eigenvalue weighted by molar-refractivity contribution is 8.00. The van der Waals surface area contributed by atoms with Crippen LogP contribution in [0.25, 0.3) is 0 Å². The van der Waals surface area contributed by atoms with E-state index in [0.717, 1.165) is 19.6 Å². The van der Waals surface area contributed by atoms with Gasteiger partial charge in [-0.05, 0) is 52.3 Å². The average Bonchev–Trinajstić information content (AvgIpc) is 2.35. The molecule has 20 heavy (non-hydrogen) atoms. The minimum absolute atomic E-state index is 0.173. The second-order valence-electron chi connectivity index (χ2n) is 7.30. The molecule has 1 aromatic rings. The third-order valence-electron chi connectivity index (χ3n) is 3.55. The molecular weight excluding hydrogens is 264 g/mol. The highest BCUT2D eigenvalue weighted by Crippen LogP contribution is 2.32. The molecule has 2 rings (SSSR count). The first-order valence-electron chi connectivity index (χ1n) is 7.48. The second-order valence-corrected chi connectivity index (χ2v) is 9.10. The lowest BCUT2D eigenvalue weighted by atomic mass is 10.1. The van der Waals surface area contributed by atoms with E-state index in [1.54, 1.807) is 0 Å². The predicted molar refractivity (Wildman–Crippen MR) is 91.8 cm³/mol. The summed E-state index contributed by atoms with van der Waals surface area (Å²) < 4.78 is 0.366. The quantitative estimate of drug-likeness (QED) is 0.909. The maximum atomic E-state index is 3.53. The summed E-state index contributed by atoms with van der Waals surface area (Å²) in [7, 11) is 0. The van der Waals surface area contributed by atoms with Gasteiger partial charge in [0.15, 0.2) is 0 Å². The molecule has 2 nitrogen and oxygen atoms in total. The molecule has 0 radical (unpaired) electrons. The van der Waals surface area contributed by atoms with Crippen LogP contribution in [0.15, 0.2) is 24.3 Å². The van der Waals surface area contributed by atoms with E-state index in [0.29, 0.717) is 4.75 Å². The number of hydrogen-bond acceptors (Lipinski definition) is 3. The lowest BCUT2D eigenvalue weighted by Gasteiger charge is -2.39. The van der Waals surface area contributed by atoms with Crippen LogP contribution in [0.2, 0.25) is 0 Å². The summed E-state index contributed by atoms with van der Waals surface area (Å²) in [4.78, 5) is 2.51. The van der Waals surface area contributed by atoms with Crippen LogP contribution in [0.4, 0.5) is 5.69 Å². The van der Waals surface area contributed by atoms with Crippen molar-refractivity contribution in [1.29, 1.82) is 0 Å². The average molecular weight is 292 g/mol. The molecule has 1 aliphatic heterocycles. The highest BCUT2D eigenvalue weighted by atomic mass is 32.2. The molecule has 1 aliphatic rings. The third kappa shape index (κ3) is 4.71. The molecule has 0 spiro atoms. The standard InChI is InChI=1S/C17H28N2S/c1-16(2,3)18-12-14-6-8-15(9-7-14)19-10-11-20-17(4,5)13-19/h6-9,18H,10-13H2,1-5H3. The molecule has 0 saturated carbocycles. The maximum Gasteiger partial charge on any atom is 0.0367 e. The fraction of sp³-hybridized carbons (Fsp3) is 0.647. The zero-order valence-electron chi connectivity index (χ0n) is 13.5. The molecule has 0 amide bonds. The van der Waals surface area contributed by atoms with Gasteiger partial charge in [-0.3, -0.25) is 0 Å². The maximum absolute atomic E-state index is 3.53. The van der Waals surface area contributed by atoms with Crippen molar-refractivity contribution >= 4 is 17.4 Å². The van der Waals surface area contributed by atoms with Gasteiger partial charge in [0.2, 0.25) is 0 Å². The van der Waals surface area contributed by atoms with Gasteiger partial charge in [0, 0.05) is 41.4 Å². The molecule has 1 fully saturated rings. The molecule has 0 unspecified atom stereocenters. The Bertz CT molecular complexity index is 431. The van der Waals surface area contributed by atoms with Crippen LogP contribution < -0.4 is 10.2 Å². The van der Waals surface area contributed by atoms with Gasteiger partial charge in [0.05, 0.1) is 0 Å². The number of anilines is 1. The number of rotatable bonds is 3. The Morgan fingerprint density at radius 3 is 2.40 bits per heavy atom. The van der Waals surface area contributed by atoms with Gasteiger partial charge in [-0.1, -0.05) is 12.1 Å². The van der Waals surface area contributed by atoms with E-state index in [1.165, 1.54) is 17.0 Å². The van der Waals surface area contributed by atoms with E-state index >= 15 is 0 Å². The fourth-order valence-electron chi connectivity index (χ4n) is 2.43. The normalized spacial score (nSPS) is 19.1. The topological polar surface area (TPSA) is 15.3 Å². The van der Waals surface area contributed by atoms with E-state index < -0.39 is 0 Å². The molecule has 1 aromatic carbocycles. The Morgan fingerprint density at radius 1 is 1.20 bits per heavy atom. The summed E-state index contributed by atoms with van der Waals surface area (Å²) in [6.45, 7) is 14.5. The molecule has 0 aliphatic carbocycles. The van der Waals surface area contributed by atoms with Crippen LogP contribution in [0.3, 0.4) is 0 Å². The Labute approximate surface area is 128 Å². The summed E-state index contributed by atoms with van der Waals surface area (Å²) in [5, 5.41) is 3.53. The van der Waals surface area contributed by atoms with Gasteiger partial charge in [-0.2, -0.15) is 11.8 Å². The van der Waals surface area contributed by atoms with Gasteiger partial charge < -0.3 is 10.2 Å². The Kier molecular flexibility index (Phi) is 4.70. The van der Waals surface area contributed by atoms with E-state index in [-0.39, 0.29) is 5.54 Å². The predicted octanol–water partition coefficient (Wildman–Crippen LogP) is 3.91. The minimum Gasteiger partial charge on any atom is -0.369 e. The fourth-order valence-corrected chi connectivity index (χ4v) is 3.54. The van der Waals surface area contributed by atoms with Crippen LogP contribution >= 0.6 is 11.8 Å². The van der Waals surface area contributed by atoms with Crippen molar-refractivity contribution in [2.45, 2.75) is 51.4 Å². The zero-order chi connectivity index (χ0) is 14.8. The Morgan fingerprint density at radius 2 is 1.85 bits per heavy atom. The van der Waals surface area contributed by atoms with Crippen LogP contribution in [-0.4, -0.2) is 29.1 Å². The van der Waals surface area contributed by atoms with Crippen LogP contribution in [0.5, 0.6) is 0 Å². The number of benzene rings is 1. The van der Waals surface area contributed by atoms with Gasteiger partial charge in [-0.25, -0.2) is 0 Å². The van der Waals surface area contributed by atoms with Crippen LogP contribution in [0.1, 0.15) is 40.2 Å². The number of nitrogens with zero attached hydrogens (tertiary/aromatic N) is 1. The lowest BCUT2D eigenvalue weighted by molar-refractivity contribution is 0.424. The van der Waals surface area contributed by atoms with Crippen LogP contribution in [0, 0.1) is 0 Å². The Hall–Kier alpha value is -0.670. The number of thioether (sulfide) groups is 1. The van der Waals surface area contributed by atoms with Crippen molar-refractivity contribution in [2.75, 3.05) is 23.7 Å². The van der Waals surface area contributed by atoms with Gasteiger partial charge in [0.25, 0.3) is 0 Å². The summed E-state index contributed by atoms with van der Waals surface area (Å²) in [5.74, 6) is 1.22. The molecule has 112 valence electrons. The number of hydrogen-bond donors (Lipinski definition) is 1. The summed E-state index contributed by atoms with van der Waals surface area (Å²) in [5.41, 5.74) is 2.89. The van der Waals surface area contributed by atoms with Crippen molar-refractivity contribution in [3.63, 3.8) is 0 Å². The van der Waals surface area contributed by atoms with E-state index in [1.807, 2.05) is 0 Å². The van der Waals surface area contributed by atoms with Gasteiger partial charge in [0.1, 0.15) is 0 Å². The minimum atomic E-state index is 0.173. The van der Waals surface area contributed by atoms with Crippen molar-refractivity contribution in [1.82, 2.24) is 5.32 Å². The molecule has 1 saturated heterocycles. The molecule has 0 bridgehead atoms. The van der Waals surface area contributed by atoms with Crippen molar-refractivity contribution in [3.05, 3.63) is 29.8 Å². The second kappa shape index (κ2) is 5.98. The molecule has 1 N–H and O–H groups in total. The van der Waals surface area contributed by atoms with Gasteiger partial charge in [-0.15, -0.1) is 0 Å². The summed E-state index contributed by atoms with van der Waals surface area (Å²) in [6, 6.07) is 9.04. The van der Waals surface area contributed by atoms with E-state index in [9.17, 15) is 0 Å². The van der Waals surface area contributed by atoms with Crippen LogP contribution in [-0.2, 0) is 6.54 Å². The number of nitrogens with one attached hydrogen (secondary N) is 1. The molecule has 1 heterocycles. The first-order valence-corrected chi connectivity index (χ1v) is 8.47. The third-order valence-corrected chi connectivity index (χ3v) is 4.85.